The van der Waals surface area contributed by atoms with Gasteiger partial charge in [0.25, 0.3) is 0 Å². The normalized spacial score (nSPS) is 22.8. The maximum Gasteiger partial charge on any atom is 0.227 e. The first-order chi connectivity index (χ1) is 8.99. The van der Waals surface area contributed by atoms with Crippen LogP contribution in [0.15, 0.2) is 0 Å². The molecule has 2 atom stereocenters. The van der Waals surface area contributed by atoms with Gasteiger partial charge in [-0.15, -0.1) is 12.4 Å². The van der Waals surface area contributed by atoms with Gasteiger partial charge in [-0.1, -0.05) is 20.3 Å². The van der Waals surface area contributed by atoms with E-state index in [1.54, 1.807) is 0 Å². The SMILES string of the molecule is CCC(CC)(CN)C(=O)NC1CCCC(C(N)=O)C1.Cl. The highest BCUT2D eigenvalue weighted by molar-refractivity contribution is 5.85. The van der Waals surface area contributed by atoms with Crippen LogP contribution in [0, 0.1) is 11.3 Å². The molecular formula is C14H28ClN3O2. The first-order valence-corrected chi connectivity index (χ1v) is 7.29. The molecule has 0 aromatic rings. The molecule has 0 saturated heterocycles. The minimum absolute atomic E-state index is 0. The third kappa shape index (κ3) is 4.35. The van der Waals surface area contributed by atoms with Crippen molar-refractivity contribution < 1.29 is 9.59 Å². The zero-order valence-electron chi connectivity index (χ0n) is 12.5. The Balaban J connectivity index is 0.00000361. The minimum atomic E-state index is -0.473. The molecule has 0 spiro atoms. The number of carbonyl (C=O) groups excluding carboxylic acids is 2. The minimum Gasteiger partial charge on any atom is -0.369 e. The summed E-state index contributed by atoms with van der Waals surface area (Å²) in [5.74, 6) is -0.334. The van der Waals surface area contributed by atoms with Gasteiger partial charge >= 0.3 is 0 Å². The molecule has 6 heteroatoms. The van der Waals surface area contributed by atoms with Crippen LogP contribution in [-0.2, 0) is 9.59 Å². The van der Waals surface area contributed by atoms with Crippen LogP contribution >= 0.6 is 12.4 Å². The lowest BCUT2D eigenvalue weighted by molar-refractivity contribution is -0.133. The van der Waals surface area contributed by atoms with Gasteiger partial charge in [0.05, 0.1) is 5.41 Å². The molecule has 20 heavy (non-hydrogen) atoms. The highest BCUT2D eigenvalue weighted by Crippen LogP contribution is 2.28. The Bertz CT molecular complexity index is 324. The van der Waals surface area contributed by atoms with Gasteiger partial charge in [0.15, 0.2) is 0 Å². The monoisotopic (exact) mass is 305 g/mol. The van der Waals surface area contributed by atoms with Crippen LogP contribution < -0.4 is 16.8 Å². The number of amides is 2. The van der Waals surface area contributed by atoms with Crippen LogP contribution in [0.2, 0.25) is 0 Å². The topological polar surface area (TPSA) is 98.2 Å². The number of nitrogens with one attached hydrogen (secondary N) is 1. The van der Waals surface area contributed by atoms with Crippen LogP contribution in [0.4, 0.5) is 0 Å². The van der Waals surface area contributed by atoms with Crippen molar-refractivity contribution in [2.75, 3.05) is 6.54 Å². The van der Waals surface area contributed by atoms with Crippen LogP contribution in [0.25, 0.3) is 0 Å². The van der Waals surface area contributed by atoms with Crippen LogP contribution in [0.3, 0.4) is 0 Å². The largest absolute Gasteiger partial charge is 0.369 e. The van der Waals surface area contributed by atoms with Crippen molar-refractivity contribution >= 4 is 24.2 Å². The first kappa shape index (κ1) is 19.2. The lowest BCUT2D eigenvalue weighted by Gasteiger charge is -2.34. The molecule has 1 aliphatic rings. The Morgan fingerprint density at radius 1 is 1.25 bits per heavy atom. The fourth-order valence-electron chi connectivity index (χ4n) is 2.87. The molecule has 5 N–H and O–H groups in total. The quantitative estimate of drug-likeness (QED) is 0.690. The second-order valence-electron chi connectivity index (χ2n) is 5.63. The van der Waals surface area contributed by atoms with Crippen molar-refractivity contribution in [2.24, 2.45) is 22.8 Å². The lowest BCUT2D eigenvalue weighted by Crippen LogP contribution is -2.50. The summed E-state index contributed by atoms with van der Waals surface area (Å²) in [6, 6.07) is 0.0581. The number of nitrogens with two attached hydrogens (primary N) is 2. The van der Waals surface area contributed by atoms with E-state index in [0.29, 0.717) is 13.0 Å². The molecule has 118 valence electrons. The zero-order chi connectivity index (χ0) is 14.5. The average Bonchev–Trinajstić information content (AvgIpc) is 2.41. The van der Waals surface area contributed by atoms with Crippen LogP contribution in [0.5, 0.6) is 0 Å². The summed E-state index contributed by atoms with van der Waals surface area (Å²) in [7, 11) is 0. The molecule has 0 bridgehead atoms. The number of hydrogen-bond acceptors (Lipinski definition) is 3. The Morgan fingerprint density at radius 3 is 2.30 bits per heavy atom. The Morgan fingerprint density at radius 2 is 1.85 bits per heavy atom. The first-order valence-electron chi connectivity index (χ1n) is 7.29. The second-order valence-corrected chi connectivity index (χ2v) is 5.63. The molecular weight excluding hydrogens is 278 g/mol. The fraction of sp³-hybridized carbons (Fsp3) is 0.857. The Hall–Kier alpha value is -0.810. The highest BCUT2D eigenvalue weighted by Gasteiger charge is 2.35. The maximum absolute atomic E-state index is 12.4. The third-order valence-corrected chi connectivity index (χ3v) is 4.64. The van der Waals surface area contributed by atoms with Crippen molar-refractivity contribution in [3.63, 3.8) is 0 Å². The van der Waals surface area contributed by atoms with Gasteiger partial charge in [0.2, 0.25) is 11.8 Å². The molecule has 0 aliphatic heterocycles. The number of hydrogen-bond donors (Lipinski definition) is 3. The van der Waals surface area contributed by atoms with Crippen molar-refractivity contribution in [2.45, 2.75) is 58.4 Å². The van der Waals surface area contributed by atoms with E-state index in [1.807, 2.05) is 13.8 Å². The molecule has 0 radical (unpaired) electrons. The van der Waals surface area contributed by atoms with Gasteiger partial charge in [-0.3, -0.25) is 9.59 Å². The van der Waals surface area contributed by atoms with E-state index in [2.05, 4.69) is 5.32 Å². The summed E-state index contributed by atoms with van der Waals surface area (Å²) in [5.41, 5.74) is 10.7. The molecule has 0 heterocycles. The molecule has 0 aromatic heterocycles. The van der Waals surface area contributed by atoms with E-state index in [1.165, 1.54) is 0 Å². The van der Waals surface area contributed by atoms with E-state index >= 15 is 0 Å². The van der Waals surface area contributed by atoms with Crippen molar-refractivity contribution in [3.8, 4) is 0 Å². The zero-order valence-corrected chi connectivity index (χ0v) is 13.3. The summed E-state index contributed by atoms with van der Waals surface area (Å²) in [5, 5.41) is 3.07. The van der Waals surface area contributed by atoms with Crippen LogP contribution in [0.1, 0.15) is 52.4 Å². The van der Waals surface area contributed by atoms with E-state index in [9.17, 15) is 9.59 Å². The Kier molecular flexibility index (Phi) is 8.13. The summed E-state index contributed by atoms with van der Waals surface area (Å²) >= 11 is 0. The molecule has 2 amide bonds. The molecule has 2 unspecified atom stereocenters. The predicted molar refractivity (Wildman–Crippen MR) is 82.4 cm³/mol. The summed E-state index contributed by atoms with van der Waals surface area (Å²) in [6.07, 6.45) is 4.83. The molecule has 1 saturated carbocycles. The van der Waals surface area contributed by atoms with Crippen molar-refractivity contribution in [1.29, 1.82) is 0 Å². The number of halogens is 1. The predicted octanol–water partition coefficient (Wildman–Crippen LogP) is 1.33. The summed E-state index contributed by atoms with van der Waals surface area (Å²) in [4.78, 5) is 23.6. The lowest BCUT2D eigenvalue weighted by atomic mass is 9.80. The van der Waals surface area contributed by atoms with Crippen molar-refractivity contribution in [1.82, 2.24) is 5.32 Å². The van der Waals surface area contributed by atoms with E-state index in [4.69, 9.17) is 11.5 Å². The van der Waals surface area contributed by atoms with E-state index in [-0.39, 0.29) is 36.2 Å². The molecule has 1 rings (SSSR count). The summed E-state index contributed by atoms with van der Waals surface area (Å²) in [6.45, 7) is 4.34. The van der Waals surface area contributed by atoms with E-state index < -0.39 is 5.41 Å². The van der Waals surface area contributed by atoms with Gasteiger partial charge in [-0.25, -0.2) is 0 Å². The number of rotatable bonds is 6. The molecule has 5 nitrogen and oxygen atoms in total. The highest BCUT2D eigenvalue weighted by atomic mass is 35.5. The van der Waals surface area contributed by atoms with E-state index in [0.717, 1.165) is 32.1 Å². The second kappa shape index (κ2) is 8.47. The molecule has 1 aliphatic carbocycles. The van der Waals surface area contributed by atoms with Gasteiger partial charge in [0.1, 0.15) is 0 Å². The van der Waals surface area contributed by atoms with Gasteiger partial charge < -0.3 is 16.8 Å². The molecule has 1 fully saturated rings. The van der Waals surface area contributed by atoms with Crippen molar-refractivity contribution in [3.05, 3.63) is 0 Å². The van der Waals surface area contributed by atoms with Crippen LogP contribution in [-0.4, -0.2) is 24.4 Å². The number of primary amides is 1. The average molecular weight is 306 g/mol. The summed E-state index contributed by atoms with van der Waals surface area (Å²) < 4.78 is 0. The third-order valence-electron chi connectivity index (χ3n) is 4.64. The smallest absolute Gasteiger partial charge is 0.227 e. The van der Waals surface area contributed by atoms with Gasteiger partial charge in [-0.2, -0.15) is 0 Å². The molecule has 0 aromatic carbocycles. The maximum atomic E-state index is 12.4. The van der Waals surface area contributed by atoms with Gasteiger partial charge in [-0.05, 0) is 32.1 Å². The van der Waals surface area contributed by atoms with Gasteiger partial charge in [0, 0.05) is 18.5 Å². The Labute approximate surface area is 127 Å². The fourth-order valence-corrected chi connectivity index (χ4v) is 2.87. The standard InChI is InChI=1S/C14H27N3O2.ClH/c1-3-14(4-2,9-15)13(19)17-11-7-5-6-10(8-11)12(16)18;/h10-11H,3-9,15H2,1-2H3,(H2,16,18)(H,17,19);1H. The number of carbonyl (C=O) groups is 2.